The number of anilines is 7. The maximum atomic E-state index is 11.8. The summed E-state index contributed by atoms with van der Waals surface area (Å²) in [7, 11) is -2.99. The van der Waals surface area contributed by atoms with E-state index in [1.807, 2.05) is 34.1 Å². The van der Waals surface area contributed by atoms with E-state index in [1.54, 1.807) is 0 Å². The summed E-state index contributed by atoms with van der Waals surface area (Å²) in [6.45, 7) is 13.8. The predicted molar refractivity (Wildman–Crippen MR) is 200 cm³/mol. The van der Waals surface area contributed by atoms with Gasteiger partial charge in [0.05, 0.1) is 37.9 Å². The number of hydrogen-bond acceptors (Lipinski definition) is 15. The molecule has 7 rings (SSSR count). The summed E-state index contributed by atoms with van der Waals surface area (Å²) >= 11 is 6.03. The van der Waals surface area contributed by atoms with Crippen molar-refractivity contribution in [2.24, 2.45) is 0 Å². The van der Waals surface area contributed by atoms with Gasteiger partial charge in [-0.05, 0) is 92.2 Å². The highest BCUT2D eigenvalue weighted by Gasteiger charge is 2.29. The zero-order valence-electron chi connectivity index (χ0n) is 29.3. The van der Waals surface area contributed by atoms with Crippen molar-refractivity contribution in [3.8, 4) is 0 Å². The smallest absolute Gasteiger partial charge is 0.233 e. The Morgan fingerprint density at radius 1 is 0.667 bits per heavy atom. The number of morpholine rings is 2. The van der Waals surface area contributed by atoms with Crippen LogP contribution >= 0.6 is 11.6 Å². The Morgan fingerprint density at radius 3 is 1.65 bits per heavy atom. The van der Waals surface area contributed by atoms with E-state index >= 15 is 0 Å². The van der Waals surface area contributed by atoms with Crippen molar-refractivity contribution < 1.29 is 17.9 Å². The van der Waals surface area contributed by atoms with Crippen molar-refractivity contribution in [2.45, 2.75) is 40.2 Å². The SMILES string of the molecule is Cc1ccc(Nc2nc(Cl)nc(N3CCOCC3)n2)cc1C.Cc1ccc(Nc2nc(NC3CCS(=O)(=O)C3)nc(N3CCOCC3)n2)cc1C. The van der Waals surface area contributed by atoms with Gasteiger partial charge in [-0.2, -0.15) is 29.9 Å². The van der Waals surface area contributed by atoms with Crippen LogP contribution in [-0.4, -0.2) is 108 Å². The van der Waals surface area contributed by atoms with Gasteiger partial charge in [-0.3, -0.25) is 0 Å². The zero-order valence-corrected chi connectivity index (χ0v) is 30.9. The lowest BCUT2D eigenvalue weighted by Crippen LogP contribution is -2.37. The van der Waals surface area contributed by atoms with Crippen LogP contribution in [0.1, 0.15) is 28.7 Å². The Kier molecular flexibility index (Phi) is 11.6. The number of halogens is 1. The molecule has 1 atom stereocenters. The van der Waals surface area contributed by atoms with Gasteiger partial charge in [-0.15, -0.1) is 0 Å². The van der Waals surface area contributed by atoms with Crippen molar-refractivity contribution in [1.82, 2.24) is 29.9 Å². The first-order chi connectivity index (χ1) is 24.5. The van der Waals surface area contributed by atoms with Crippen LogP contribution in [0.4, 0.5) is 41.1 Å². The summed E-state index contributed by atoms with van der Waals surface area (Å²) in [6, 6.07) is 12.0. The van der Waals surface area contributed by atoms with Crippen molar-refractivity contribution in [1.29, 1.82) is 0 Å². The van der Waals surface area contributed by atoms with Crippen LogP contribution in [-0.2, 0) is 19.3 Å². The second-order valence-electron chi connectivity index (χ2n) is 12.8. The van der Waals surface area contributed by atoms with Crippen LogP contribution in [0.15, 0.2) is 36.4 Å². The van der Waals surface area contributed by atoms with Crippen LogP contribution in [0.25, 0.3) is 0 Å². The molecule has 0 radical (unpaired) electrons. The second kappa shape index (κ2) is 16.3. The lowest BCUT2D eigenvalue weighted by atomic mass is 10.1. The van der Waals surface area contributed by atoms with Crippen molar-refractivity contribution in [3.05, 3.63) is 63.9 Å². The van der Waals surface area contributed by atoms with Crippen LogP contribution < -0.4 is 25.8 Å². The van der Waals surface area contributed by atoms with Gasteiger partial charge >= 0.3 is 0 Å². The number of sulfone groups is 1. The summed E-state index contributed by atoms with van der Waals surface area (Å²) in [4.78, 5) is 30.5. The number of aryl methyl sites for hydroxylation is 4. The van der Waals surface area contributed by atoms with Gasteiger partial charge in [0.2, 0.25) is 35.0 Å². The molecule has 1 unspecified atom stereocenters. The number of benzene rings is 2. The first kappa shape index (κ1) is 36.4. The summed E-state index contributed by atoms with van der Waals surface area (Å²) in [6.07, 6.45) is 0.556. The van der Waals surface area contributed by atoms with E-state index < -0.39 is 9.84 Å². The van der Waals surface area contributed by atoms with Gasteiger partial charge in [0.15, 0.2) is 9.84 Å². The molecule has 272 valence electrons. The second-order valence-corrected chi connectivity index (χ2v) is 15.4. The molecular weight excluding hydrogens is 694 g/mol. The molecule has 0 aliphatic carbocycles. The molecule has 0 amide bonds. The third-order valence-corrected chi connectivity index (χ3v) is 10.8. The third-order valence-electron chi connectivity index (χ3n) is 8.90. The number of nitrogens with zero attached hydrogens (tertiary/aromatic N) is 8. The number of ether oxygens (including phenoxy) is 2. The molecule has 0 saturated carbocycles. The summed E-state index contributed by atoms with van der Waals surface area (Å²) in [5.74, 6) is 2.69. The molecule has 3 aliphatic heterocycles. The predicted octanol–water partition coefficient (Wildman–Crippen LogP) is 4.39. The average molecular weight is 738 g/mol. The summed E-state index contributed by atoms with van der Waals surface area (Å²) in [5, 5.41) is 9.81. The molecular formula is C34H44ClN11O4S. The van der Waals surface area contributed by atoms with E-state index in [2.05, 4.69) is 85.7 Å². The van der Waals surface area contributed by atoms with Crippen LogP contribution in [0, 0.1) is 27.7 Å². The van der Waals surface area contributed by atoms with Crippen molar-refractivity contribution >= 4 is 62.6 Å². The zero-order chi connectivity index (χ0) is 36.0. The van der Waals surface area contributed by atoms with Crippen LogP contribution in [0.2, 0.25) is 5.28 Å². The van der Waals surface area contributed by atoms with E-state index in [0.717, 1.165) is 24.5 Å². The normalized spacial score (nSPS) is 18.5. The molecule has 3 aliphatic rings. The monoisotopic (exact) mass is 737 g/mol. The minimum Gasteiger partial charge on any atom is -0.378 e. The number of hydrogen-bond donors (Lipinski definition) is 3. The fraction of sp³-hybridized carbons (Fsp3) is 0.471. The molecule has 15 nitrogen and oxygen atoms in total. The minimum absolute atomic E-state index is 0.103. The fourth-order valence-corrected chi connectivity index (χ4v) is 7.51. The largest absolute Gasteiger partial charge is 0.378 e. The van der Waals surface area contributed by atoms with Gasteiger partial charge in [-0.1, -0.05) is 12.1 Å². The average Bonchev–Trinajstić information content (AvgIpc) is 3.46. The maximum Gasteiger partial charge on any atom is 0.233 e. The Hall–Kier alpha value is -4.38. The molecule has 5 heterocycles. The molecule has 2 aromatic carbocycles. The molecule has 3 fully saturated rings. The van der Waals surface area contributed by atoms with E-state index in [-0.39, 0.29) is 22.8 Å². The minimum atomic E-state index is -2.99. The van der Waals surface area contributed by atoms with E-state index in [9.17, 15) is 8.42 Å². The van der Waals surface area contributed by atoms with Gasteiger partial charge < -0.3 is 35.2 Å². The molecule has 2 aromatic heterocycles. The molecule has 0 spiro atoms. The van der Waals surface area contributed by atoms with Gasteiger partial charge in [0.1, 0.15) is 0 Å². The van der Waals surface area contributed by atoms with E-state index in [1.165, 1.54) is 22.3 Å². The van der Waals surface area contributed by atoms with Gasteiger partial charge in [0.25, 0.3) is 0 Å². The van der Waals surface area contributed by atoms with Crippen LogP contribution in [0.5, 0.6) is 0 Å². The first-order valence-electron chi connectivity index (χ1n) is 17.0. The number of nitrogens with one attached hydrogen (secondary N) is 3. The summed E-state index contributed by atoms with van der Waals surface area (Å²) in [5.41, 5.74) is 6.66. The highest BCUT2D eigenvalue weighted by molar-refractivity contribution is 7.91. The van der Waals surface area contributed by atoms with Gasteiger partial charge in [-0.25, -0.2) is 8.42 Å². The van der Waals surface area contributed by atoms with E-state index in [4.69, 9.17) is 21.1 Å². The van der Waals surface area contributed by atoms with Crippen molar-refractivity contribution in [3.63, 3.8) is 0 Å². The Bertz CT molecular complexity index is 1940. The highest BCUT2D eigenvalue weighted by atomic mass is 35.5. The number of aromatic nitrogens is 6. The molecule has 17 heteroatoms. The lowest BCUT2D eigenvalue weighted by molar-refractivity contribution is 0.122. The van der Waals surface area contributed by atoms with Gasteiger partial charge in [0, 0.05) is 43.6 Å². The Morgan fingerprint density at radius 2 is 1.16 bits per heavy atom. The van der Waals surface area contributed by atoms with Crippen molar-refractivity contribution in [2.75, 3.05) is 89.9 Å². The highest BCUT2D eigenvalue weighted by Crippen LogP contribution is 2.23. The third kappa shape index (κ3) is 10.1. The van der Waals surface area contributed by atoms with E-state index in [0.29, 0.717) is 75.7 Å². The maximum absolute atomic E-state index is 11.8. The molecule has 51 heavy (non-hydrogen) atoms. The number of rotatable bonds is 8. The Balaban J connectivity index is 0.000000183. The molecule has 4 aromatic rings. The van der Waals surface area contributed by atoms with Crippen LogP contribution in [0.3, 0.4) is 0 Å². The molecule has 3 saturated heterocycles. The topological polar surface area (TPSA) is 173 Å². The first-order valence-corrected chi connectivity index (χ1v) is 19.2. The Labute approximate surface area is 303 Å². The lowest BCUT2D eigenvalue weighted by Gasteiger charge is -2.27. The molecule has 3 N–H and O–H groups in total. The standard InChI is InChI=1S/C19H26N6O3S.C15H18ClN5O/c1-13-3-4-15(11-14(13)2)20-17-22-18(21-16-5-10-29(26,27)12-16)24-19(23-17)25-6-8-28-9-7-25;1-10-3-4-12(9-11(10)2)17-14-18-13(16)19-15(20-14)21-5-7-22-8-6-21/h3-4,11,16H,5-10,12H2,1-2H3,(H2,20,21,22,23,24);3-4,9H,5-8H2,1-2H3,(H,17,18,19,20). The quantitative estimate of drug-likeness (QED) is 0.232. The molecule has 0 bridgehead atoms. The fourth-order valence-electron chi connectivity index (χ4n) is 5.68. The summed E-state index contributed by atoms with van der Waals surface area (Å²) < 4.78 is 34.3.